The van der Waals surface area contributed by atoms with Crippen LogP contribution in [0.15, 0.2) is 24.3 Å². The molecule has 24 heavy (non-hydrogen) atoms. The summed E-state index contributed by atoms with van der Waals surface area (Å²) in [6.07, 6.45) is 4.91. The summed E-state index contributed by atoms with van der Waals surface area (Å²) >= 11 is 0. The molecule has 0 atom stereocenters. The van der Waals surface area contributed by atoms with Gasteiger partial charge in [0.15, 0.2) is 6.61 Å². The predicted molar refractivity (Wildman–Crippen MR) is 85.6 cm³/mol. The smallest absolute Gasteiger partial charge is 0.325 e. The van der Waals surface area contributed by atoms with Crippen molar-refractivity contribution in [1.29, 1.82) is 0 Å². The maximum atomic E-state index is 12.7. The number of nitrogens with one attached hydrogen (secondary N) is 2. The Hall–Kier alpha value is -2.44. The zero-order valence-corrected chi connectivity index (χ0v) is 13.3. The fourth-order valence-electron chi connectivity index (χ4n) is 2.60. The summed E-state index contributed by atoms with van der Waals surface area (Å²) in [5, 5.41) is 5.02. The van der Waals surface area contributed by atoms with Gasteiger partial charge in [-0.05, 0) is 37.1 Å². The van der Waals surface area contributed by atoms with Crippen LogP contribution in [0.3, 0.4) is 0 Å². The zero-order valence-electron chi connectivity index (χ0n) is 13.3. The fourth-order valence-corrected chi connectivity index (χ4v) is 2.60. The van der Waals surface area contributed by atoms with Gasteiger partial charge in [0.1, 0.15) is 12.4 Å². The molecule has 0 radical (unpaired) electrons. The number of benzene rings is 1. The van der Waals surface area contributed by atoms with Crippen molar-refractivity contribution < 1.29 is 23.5 Å². The number of halogens is 1. The van der Waals surface area contributed by atoms with Gasteiger partial charge in [-0.15, -0.1) is 0 Å². The minimum atomic E-state index is -0.673. The molecule has 0 heterocycles. The van der Waals surface area contributed by atoms with Crippen LogP contribution < -0.4 is 10.6 Å². The van der Waals surface area contributed by atoms with E-state index in [-0.39, 0.29) is 18.4 Å². The maximum Gasteiger partial charge on any atom is 0.325 e. The number of hydrogen-bond donors (Lipinski definition) is 2. The minimum Gasteiger partial charge on any atom is -0.454 e. The SMILES string of the molecule is O=C(COC(=O)CNC(=O)C1CCCCC1)Nc1ccc(F)cc1. The molecule has 2 amide bonds. The third kappa shape index (κ3) is 5.98. The quantitative estimate of drug-likeness (QED) is 0.778. The molecule has 2 N–H and O–H groups in total. The Morgan fingerprint density at radius 1 is 1.08 bits per heavy atom. The van der Waals surface area contributed by atoms with Crippen molar-refractivity contribution in [2.75, 3.05) is 18.5 Å². The highest BCUT2D eigenvalue weighted by Gasteiger charge is 2.21. The van der Waals surface area contributed by atoms with E-state index in [2.05, 4.69) is 10.6 Å². The highest BCUT2D eigenvalue weighted by molar-refractivity contribution is 5.93. The fraction of sp³-hybridized carbons (Fsp3) is 0.471. The van der Waals surface area contributed by atoms with Crippen LogP contribution in [0.25, 0.3) is 0 Å². The van der Waals surface area contributed by atoms with Crippen LogP contribution in [-0.2, 0) is 19.1 Å². The standard InChI is InChI=1S/C17H21FN2O4/c18-13-6-8-14(9-7-13)20-15(21)11-24-16(22)10-19-17(23)12-4-2-1-3-5-12/h6-9,12H,1-5,10-11H2,(H,19,23)(H,20,21). The number of amides is 2. The van der Waals surface area contributed by atoms with Crippen molar-refractivity contribution in [3.8, 4) is 0 Å². The number of ether oxygens (including phenoxy) is 1. The highest BCUT2D eigenvalue weighted by atomic mass is 19.1. The lowest BCUT2D eigenvalue weighted by Gasteiger charge is -2.20. The number of anilines is 1. The molecular formula is C17H21FN2O4. The van der Waals surface area contributed by atoms with Crippen LogP contribution in [-0.4, -0.2) is 30.9 Å². The van der Waals surface area contributed by atoms with Crippen molar-refractivity contribution in [2.45, 2.75) is 32.1 Å². The molecule has 2 rings (SSSR count). The molecule has 0 spiro atoms. The first-order valence-electron chi connectivity index (χ1n) is 8.03. The summed E-state index contributed by atoms with van der Waals surface area (Å²) in [5.74, 6) is -1.79. The van der Waals surface area contributed by atoms with E-state index >= 15 is 0 Å². The molecular weight excluding hydrogens is 315 g/mol. The van der Waals surface area contributed by atoms with E-state index in [9.17, 15) is 18.8 Å². The first kappa shape index (κ1) is 17.9. The van der Waals surface area contributed by atoms with E-state index in [0.29, 0.717) is 5.69 Å². The second-order valence-corrected chi connectivity index (χ2v) is 5.77. The summed E-state index contributed by atoms with van der Waals surface area (Å²) < 4.78 is 17.5. The van der Waals surface area contributed by atoms with E-state index in [4.69, 9.17) is 4.74 Å². The summed E-state index contributed by atoms with van der Waals surface area (Å²) in [5.41, 5.74) is 0.406. The van der Waals surface area contributed by atoms with E-state index in [1.165, 1.54) is 24.3 Å². The third-order valence-corrected chi connectivity index (χ3v) is 3.88. The summed E-state index contributed by atoms with van der Waals surface area (Å²) in [4.78, 5) is 35.1. The van der Waals surface area contributed by atoms with Gasteiger partial charge in [0.25, 0.3) is 5.91 Å². The van der Waals surface area contributed by atoms with Gasteiger partial charge in [-0.2, -0.15) is 0 Å². The van der Waals surface area contributed by atoms with E-state index in [1.54, 1.807) is 0 Å². The summed E-state index contributed by atoms with van der Waals surface area (Å²) in [6, 6.07) is 5.23. The molecule has 1 aromatic rings. The van der Waals surface area contributed by atoms with Crippen molar-refractivity contribution >= 4 is 23.5 Å². The normalized spacial score (nSPS) is 14.7. The molecule has 1 aromatic carbocycles. The number of carbonyl (C=O) groups excluding carboxylic acids is 3. The van der Waals surface area contributed by atoms with Gasteiger partial charge in [0.05, 0.1) is 0 Å². The topological polar surface area (TPSA) is 84.5 Å². The van der Waals surface area contributed by atoms with Crippen molar-refractivity contribution in [3.05, 3.63) is 30.1 Å². The van der Waals surface area contributed by atoms with Crippen LogP contribution in [0, 0.1) is 11.7 Å². The Balaban J connectivity index is 1.64. The molecule has 1 aliphatic carbocycles. The minimum absolute atomic E-state index is 0.0340. The van der Waals surface area contributed by atoms with Crippen LogP contribution in [0.2, 0.25) is 0 Å². The average molecular weight is 336 g/mol. The monoisotopic (exact) mass is 336 g/mol. The second kappa shape index (κ2) is 9.00. The van der Waals surface area contributed by atoms with Gasteiger partial charge in [-0.1, -0.05) is 19.3 Å². The summed E-state index contributed by atoms with van der Waals surface area (Å²) in [7, 11) is 0. The van der Waals surface area contributed by atoms with Gasteiger partial charge in [0.2, 0.25) is 5.91 Å². The lowest BCUT2D eigenvalue weighted by molar-refractivity contribution is -0.147. The predicted octanol–water partition coefficient (Wildman–Crippen LogP) is 2.00. The maximum absolute atomic E-state index is 12.7. The number of esters is 1. The first-order chi connectivity index (χ1) is 11.5. The Morgan fingerprint density at radius 2 is 1.75 bits per heavy atom. The van der Waals surface area contributed by atoms with Gasteiger partial charge < -0.3 is 15.4 Å². The number of rotatable bonds is 6. The van der Waals surface area contributed by atoms with Gasteiger partial charge in [0, 0.05) is 11.6 Å². The van der Waals surface area contributed by atoms with E-state index in [1.807, 2.05) is 0 Å². The van der Waals surface area contributed by atoms with Crippen LogP contribution in [0.4, 0.5) is 10.1 Å². The molecule has 7 heteroatoms. The number of carbonyl (C=O) groups is 3. The molecule has 0 saturated heterocycles. The molecule has 1 aliphatic rings. The van der Waals surface area contributed by atoms with E-state index < -0.39 is 24.3 Å². The highest BCUT2D eigenvalue weighted by Crippen LogP contribution is 2.23. The second-order valence-electron chi connectivity index (χ2n) is 5.77. The Labute approximate surface area is 139 Å². The lowest BCUT2D eigenvalue weighted by atomic mass is 9.89. The molecule has 0 bridgehead atoms. The molecule has 1 fully saturated rings. The zero-order chi connectivity index (χ0) is 17.4. The van der Waals surface area contributed by atoms with Crippen molar-refractivity contribution in [3.63, 3.8) is 0 Å². The molecule has 0 unspecified atom stereocenters. The lowest BCUT2D eigenvalue weighted by Crippen LogP contribution is -2.36. The van der Waals surface area contributed by atoms with Gasteiger partial charge in [-0.25, -0.2) is 4.39 Å². The number of hydrogen-bond acceptors (Lipinski definition) is 4. The molecule has 6 nitrogen and oxygen atoms in total. The van der Waals surface area contributed by atoms with Crippen LogP contribution >= 0.6 is 0 Å². The van der Waals surface area contributed by atoms with Crippen molar-refractivity contribution in [1.82, 2.24) is 5.32 Å². The Morgan fingerprint density at radius 3 is 2.42 bits per heavy atom. The molecule has 0 aromatic heterocycles. The van der Waals surface area contributed by atoms with Gasteiger partial charge >= 0.3 is 5.97 Å². The molecule has 130 valence electrons. The summed E-state index contributed by atoms with van der Waals surface area (Å²) in [6.45, 7) is -0.714. The first-order valence-corrected chi connectivity index (χ1v) is 8.03. The van der Waals surface area contributed by atoms with Crippen LogP contribution in [0.5, 0.6) is 0 Å². The molecule has 0 aliphatic heterocycles. The Kier molecular flexibility index (Phi) is 6.72. The third-order valence-electron chi connectivity index (χ3n) is 3.88. The van der Waals surface area contributed by atoms with Gasteiger partial charge in [-0.3, -0.25) is 14.4 Å². The Bertz CT molecular complexity index is 583. The molecule has 1 saturated carbocycles. The average Bonchev–Trinajstić information content (AvgIpc) is 2.60. The van der Waals surface area contributed by atoms with Crippen LogP contribution in [0.1, 0.15) is 32.1 Å². The van der Waals surface area contributed by atoms with Crippen molar-refractivity contribution in [2.24, 2.45) is 5.92 Å². The largest absolute Gasteiger partial charge is 0.454 e. The van der Waals surface area contributed by atoms with E-state index in [0.717, 1.165) is 32.1 Å².